The van der Waals surface area contributed by atoms with Crippen LogP contribution in [0.1, 0.15) is 25.5 Å². The van der Waals surface area contributed by atoms with Gasteiger partial charge in [-0.05, 0) is 19.8 Å². The summed E-state index contributed by atoms with van der Waals surface area (Å²) in [6.07, 6.45) is 5.78. The first-order chi connectivity index (χ1) is 14.9. The number of rotatable bonds is 7. The summed E-state index contributed by atoms with van der Waals surface area (Å²) in [5, 5.41) is 16.5. The Morgan fingerprint density at radius 2 is 2.19 bits per heavy atom. The molecule has 0 radical (unpaired) electrons. The van der Waals surface area contributed by atoms with Crippen molar-refractivity contribution in [2.24, 2.45) is 5.73 Å². The third kappa shape index (κ3) is 5.49. The van der Waals surface area contributed by atoms with E-state index in [1.807, 2.05) is 4.90 Å². The molecule has 1 aliphatic heterocycles. The molecule has 11 nitrogen and oxygen atoms in total. The minimum absolute atomic E-state index is 0.0118. The van der Waals surface area contributed by atoms with Gasteiger partial charge in [0.2, 0.25) is 0 Å². The van der Waals surface area contributed by atoms with Gasteiger partial charge in [-0.15, -0.1) is 11.0 Å². The maximum absolute atomic E-state index is 13.2. The van der Waals surface area contributed by atoms with Gasteiger partial charge in [0.1, 0.15) is 11.5 Å². The molecule has 0 aliphatic carbocycles. The number of carboxylic acids is 1. The molecule has 1 fully saturated rings. The van der Waals surface area contributed by atoms with Crippen LogP contribution in [0.15, 0.2) is 34.0 Å². The van der Waals surface area contributed by atoms with Gasteiger partial charge in [-0.25, -0.2) is 14.3 Å². The summed E-state index contributed by atoms with van der Waals surface area (Å²) in [6, 6.07) is 1.43. The lowest BCUT2D eigenvalue weighted by molar-refractivity contribution is -0.131. The Morgan fingerprint density at radius 1 is 1.39 bits per heavy atom. The van der Waals surface area contributed by atoms with E-state index in [2.05, 4.69) is 22.2 Å². The summed E-state index contributed by atoms with van der Waals surface area (Å²) in [5.41, 5.74) is 5.56. The summed E-state index contributed by atoms with van der Waals surface area (Å²) in [7, 11) is 0. The average molecular weight is 427 g/mol. The van der Waals surface area contributed by atoms with Gasteiger partial charge in [0.25, 0.3) is 5.56 Å². The van der Waals surface area contributed by atoms with Gasteiger partial charge < -0.3 is 15.7 Å². The van der Waals surface area contributed by atoms with Crippen molar-refractivity contribution in [3.63, 3.8) is 0 Å². The molecule has 2 aromatic heterocycles. The fourth-order valence-corrected chi connectivity index (χ4v) is 3.46. The molecule has 1 aliphatic rings. The van der Waals surface area contributed by atoms with Crippen LogP contribution in [0, 0.1) is 11.8 Å². The van der Waals surface area contributed by atoms with Gasteiger partial charge in [0.15, 0.2) is 0 Å². The van der Waals surface area contributed by atoms with E-state index in [1.165, 1.54) is 21.4 Å². The molecule has 2 aromatic rings. The maximum atomic E-state index is 13.2. The fraction of sp³-hybridized carbons (Fsp3) is 0.450. The molecule has 0 amide bonds. The van der Waals surface area contributed by atoms with Crippen LogP contribution in [-0.4, -0.2) is 54.3 Å². The monoisotopic (exact) mass is 427 g/mol. The number of nitrogens with two attached hydrogens (primary N) is 1. The highest BCUT2D eigenvalue weighted by molar-refractivity contribution is 5.79. The van der Waals surface area contributed by atoms with Crippen LogP contribution in [0.3, 0.4) is 0 Å². The minimum Gasteiger partial charge on any atom is -0.478 e. The van der Waals surface area contributed by atoms with E-state index in [1.54, 1.807) is 13.1 Å². The molecule has 3 N–H and O–H groups in total. The average Bonchev–Trinajstić information content (AvgIpc) is 3.17. The highest BCUT2D eigenvalue weighted by atomic mass is 16.4. The topological polar surface area (TPSA) is 141 Å². The Bertz CT molecular complexity index is 1150. The van der Waals surface area contributed by atoms with E-state index in [0.717, 1.165) is 23.5 Å². The molecular formula is C20H25N7O4. The van der Waals surface area contributed by atoms with E-state index in [-0.39, 0.29) is 25.7 Å². The van der Waals surface area contributed by atoms with Gasteiger partial charge in [0, 0.05) is 31.3 Å². The second-order valence-electron chi connectivity index (χ2n) is 7.24. The molecular weight excluding hydrogens is 402 g/mol. The molecule has 164 valence electrons. The number of anilines is 1. The Hall–Kier alpha value is -3.65. The van der Waals surface area contributed by atoms with Crippen molar-refractivity contribution in [1.82, 2.24) is 24.1 Å². The zero-order valence-corrected chi connectivity index (χ0v) is 17.3. The predicted molar refractivity (Wildman–Crippen MR) is 114 cm³/mol. The van der Waals surface area contributed by atoms with E-state index >= 15 is 0 Å². The minimum atomic E-state index is -1.06. The molecule has 0 unspecified atom stereocenters. The number of nitrogens with zero attached hydrogens (tertiary/aromatic N) is 6. The number of aliphatic carboxylic acids is 1. The lowest BCUT2D eigenvalue weighted by Crippen LogP contribution is -2.48. The summed E-state index contributed by atoms with van der Waals surface area (Å²) >= 11 is 0. The summed E-state index contributed by atoms with van der Waals surface area (Å²) in [4.78, 5) is 38.5. The zero-order chi connectivity index (χ0) is 22.4. The van der Waals surface area contributed by atoms with Crippen molar-refractivity contribution in [3.05, 3.63) is 50.9 Å². The molecule has 1 atom stereocenters. The van der Waals surface area contributed by atoms with Crippen LogP contribution in [-0.2, 0) is 24.4 Å². The molecule has 0 bridgehead atoms. The second-order valence-corrected chi connectivity index (χ2v) is 7.24. The number of aromatic nitrogens is 5. The quantitative estimate of drug-likeness (QED) is 0.434. The van der Waals surface area contributed by atoms with Crippen LogP contribution >= 0.6 is 0 Å². The van der Waals surface area contributed by atoms with Crippen LogP contribution < -0.4 is 21.9 Å². The summed E-state index contributed by atoms with van der Waals surface area (Å²) < 4.78 is 3.99. The SMILES string of the molecule is CC#CCn1c(N2CCC[C@@H](N)C2)cc(=O)n(Cc2cn(C/C=C/C(=O)O)nn2)c1=O. The van der Waals surface area contributed by atoms with Crippen LogP contribution in [0.25, 0.3) is 0 Å². The number of hydrogen-bond acceptors (Lipinski definition) is 7. The first-order valence-electron chi connectivity index (χ1n) is 9.92. The van der Waals surface area contributed by atoms with E-state index in [4.69, 9.17) is 10.8 Å². The third-order valence-corrected chi connectivity index (χ3v) is 4.91. The van der Waals surface area contributed by atoms with E-state index < -0.39 is 17.2 Å². The molecule has 0 aromatic carbocycles. The maximum Gasteiger partial charge on any atom is 0.333 e. The normalized spacial score (nSPS) is 16.3. The van der Waals surface area contributed by atoms with Gasteiger partial charge in [0.05, 0.1) is 25.8 Å². The highest BCUT2D eigenvalue weighted by Gasteiger charge is 2.22. The van der Waals surface area contributed by atoms with Crippen LogP contribution in [0.4, 0.5) is 5.82 Å². The molecule has 3 rings (SSSR count). The molecule has 0 spiro atoms. The summed E-state index contributed by atoms with van der Waals surface area (Å²) in [6.45, 7) is 3.28. The predicted octanol–water partition coefficient (Wildman–Crippen LogP) is -0.759. The lowest BCUT2D eigenvalue weighted by Gasteiger charge is -2.33. The Labute approximate surface area is 178 Å². The van der Waals surface area contributed by atoms with Gasteiger partial charge in [-0.1, -0.05) is 17.2 Å². The number of piperidine rings is 1. The zero-order valence-electron chi connectivity index (χ0n) is 17.3. The van der Waals surface area contributed by atoms with Gasteiger partial charge in [-0.2, -0.15) is 0 Å². The second kappa shape index (κ2) is 9.90. The number of hydrogen-bond donors (Lipinski definition) is 2. The van der Waals surface area contributed by atoms with Gasteiger partial charge in [-0.3, -0.25) is 13.9 Å². The van der Waals surface area contributed by atoms with Crippen molar-refractivity contribution in [2.75, 3.05) is 18.0 Å². The molecule has 11 heteroatoms. The third-order valence-electron chi connectivity index (χ3n) is 4.91. The number of carbonyl (C=O) groups is 1. The van der Waals surface area contributed by atoms with E-state index in [9.17, 15) is 14.4 Å². The fourth-order valence-electron chi connectivity index (χ4n) is 3.46. The molecule has 0 saturated carbocycles. The van der Waals surface area contributed by atoms with Gasteiger partial charge >= 0.3 is 11.7 Å². The Morgan fingerprint density at radius 3 is 2.90 bits per heavy atom. The highest BCUT2D eigenvalue weighted by Crippen LogP contribution is 2.17. The largest absolute Gasteiger partial charge is 0.478 e. The molecule has 31 heavy (non-hydrogen) atoms. The molecule has 1 saturated heterocycles. The van der Waals surface area contributed by atoms with Crippen molar-refractivity contribution < 1.29 is 9.90 Å². The number of carboxylic acid groups (broad SMARTS) is 1. The van der Waals surface area contributed by atoms with Crippen molar-refractivity contribution in [1.29, 1.82) is 0 Å². The first kappa shape index (κ1) is 22.0. The summed E-state index contributed by atoms with van der Waals surface area (Å²) in [5.74, 6) is 5.14. The standard InChI is InChI=1S/C20H25N7O4/c1-2-3-10-26-17(24-8-4-6-15(21)12-24)11-18(28)27(20(26)31)14-16-13-25(23-22-16)9-5-7-19(29)30/h5,7,11,13,15H,4,6,8-10,12,14,21H2,1H3,(H,29,30)/b7-5+/t15-/m1/s1. The Balaban J connectivity index is 1.91. The first-order valence-corrected chi connectivity index (χ1v) is 9.92. The van der Waals surface area contributed by atoms with Crippen molar-refractivity contribution >= 4 is 11.8 Å². The Kier molecular flexibility index (Phi) is 7.04. The van der Waals surface area contributed by atoms with E-state index in [0.29, 0.717) is 24.6 Å². The van der Waals surface area contributed by atoms with Crippen LogP contribution in [0.2, 0.25) is 0 Å². The number of allylic oxidation sites excluding steroid dienone is 1. The van der Waals surface area contributed by atoms with Crippen LogP contribution in [0.5, 0.6) is 0 Å². The lowest BCUT2D eigenvalue weighted by atomic mass is 10.1. The van der Waals surface area contributed by atoms with Crippen molar-refractivity contribution in [2.45, 2.75) is 45.4 Å². The van der Waals surface area contributed by atoms with Crippen molar-refractivity contribution in [3.8, 4) is 11.8 Å². The smallest absolute Gasteiger partial charge is 0.333 e. The molecule has 3 heterocycles.